The van der Waals surface area contributed by atoms with Crippen LogP contribution in [0.4, 0.5) is 4.39 Å². The number of nitrogens with zero attached hydrogens (tertiary/aromatic N) is 3. The Morgan fingerprint density at radius 3 is 2.59 bits per heavy atom. The molecule has 0 spiro atoms. The number of hydrogen-bond acceptors (Lipinski definition) is 5. The number of carbonyl (C=O) groups excluding carboxylic acids is 2. The van der Waals surface area contributed by atoms with E-state index < -0.39 is 5.82 Å². The summed E-state index contributed by atoms with van der Waals surface area (Å²) < 4.78 is 18.1. The summed E-state index contributed by atoms with van der Waals surface area (Å²) >= 11 is 0. The summed E-state index contributed by atoms with van der Waals surface area (Å²) in [5, 5.41) is 10.3. The van der Waals surface area contributed by atoms with Gasteiger partial charge >= 0.3 is 0 Å². The first-order valence-electron chi connectivity index (χ1n) is 9.03. The fraction of sp³-hybridized carbons (Fsp3) is 0.474. The molecule has 0 unspecified atom stereocenters. The monoisotopic (exact) mass is 374 g/mol. The zero-order chi connectivity index (χ0) is 19.4. The van der Waals surface area contributed by atoms with Gasteiger partial charge in [-0.15, -0.1) is 0 Å². The van der Waals surface area contributed by atoms with Gasteiger partial charge in [0.2, 0.25) is 5.91 Å². The number of halogens is 1. The van der Waals surface area contributed by atoms with Crippen molar-refractivity contribution in [3.05, 3.63) is 46.5 Å². The minimum Gasteiger partial charge on any atom is -0.352 e. The van der Waals surface area contributed by atoms with E-state index in [9.17, 15) is 14.0 Å². The van der Waals surface area contributed by atoms with E-state index in [1.54, 1.807) is 19.9 Å². The van der Waals surface area contributed by atoms with Crippen molar-refractivity contribution in [2.45, 2.75) is 33.1 Å². The first kappa shape index (κ1) is 19.0. The van der Waals surface area contributed by atoms with Gasteiger partial charge in [0.15, 0.2) is 0 Å². The molecule has 0 radical (unpaired) electrons. The van der Waals surface area contributed by atoms with E-state index in [4.69, 9.17) is 0 Å². The van der Waals surface area contributed by atoms with Crippen molar-refractivity contribution in [3.8, 4) is 0 Å². The highest BCUT2D eigenvalue weighted by atomic mass is 19.1. The van der Waals surface area contributed by atoms with Crippen LogP contribution in [-0.2, 0) is 11.2 Å². The third kappa shape index (κ3) is 4.90. The summed E-state index contributed by atoms with van der Waals surface area (Å²) in [4.78, 5) is 26.4. The van der Waals surface area contributed by atoms with Crippen molar-refractivity contribution < 1.29 is 18.6 Å². The highest BCUT2D eigenvalue weighted by Crippen LogP contribution is 2.18. The van der Waals surface area contributed by atoms with E-state index in [2.05, 4.69) is 20.3 Å². The Bertz CT molecular complexity index is 808. The van der Waals surface area contributed by atoms with Crippen molar-refractivity contribution in [2.75, 3.05) is 19.6 Å². The number of amides is 2. The summed E-state index contributed by atoms with van der Waals surface area (Å²) in [7, 11) is 0. The third-order valence-electron chi connectivity index (χ3n) is 4.89. The molecule has 1 N–H and O–H groups in total. The molecule has 1 fully saturated rings. The molecule has 8 heteroatoms. The van der Waals surface area contributed by atoms with Gasteiger partial charge < -0.3 is 10.2 Å². The Morgan fingerprint density at radius 2 is 1.96 bits per heavy atom. The predicted molar refractivity (Wildman–Crippen MR) is 95.5 cm³/mol. The Balaban J connectivity index is 1.44. The molecule has 1 aliphatic heterocycles. The first-order valence-corrected chi connectivity index (χ1v) is 9.03. The highest BCUT2D eigenvalue weighted by molar-refractivity contribution is 5.94. The van der Waals surface area contributed by atoms with Crippen LogP contribution in [0.1, 0.15) is 40.2 Å². The van der Waals surface area contributed by atoms with Crippen LogP contribution in [-0.4, -0.2) is 46.7 Å². The fourth-order valence-corrected chi connectivity index (χ4v) is 3.26. The second kappa shape index (κ2) is 8.28. The Kier molecular flexibility index (Phi) is 5.83. The van der Waals surface area contributed by atoms with Crippen LogP contribution in [0, 0.1) is 25.6 Å². The normalized spacial score (nSPS) is 15.0. The second-order valence-electron chi connectivity index (χ2n) is 7.02. The predicted octanol–water partition coefficient (Wildman–Crippen LogP) is 2.04. The molecule has 7 nitrogen and oxygen atoms in total. The van der Waals surface area contributed by atoms with E-state index in [0.29, 0.717) is 48.1 Å². The average Bonchev–Trinajstić information content (AvgIpc) is 3.04. The molecule has 0 bridgehead atoms. The Morgan fingerprint density at radius 1 is 1.22 bits per heavy atom. The maximum atomic E-state index is 13.4. The quantitative estimate of drug-likeness (QED) is 0.865. The minimum atomic E-state index is -0.412. The molecule has 144 valence electrons. The van der Waals surface area contributed by atoms with E-state index in [1.165, 1.54) is 12.1 Å². The molecular formula is C19H23FN4O3. The van der Waals surface area contributed by atoms with Gasteiger partial charge in [-0.2, -0.15) is 0 Å². The third-order valence-corrected chi connectivity index (χ3v) is 4.89. The lowest BCUT2D eigenvalue weighted by molar-refractivity contribution is -0.131. The van der Waals surface area contributed by atoms with Crippen molar-refractivity contribution in [2.24, 2.45) is 5.92 Å². The molecule has 1 aliphatic rings. The van der Waals surface area contributed by atoms with Gasteiger partial charge in [0.1, 0.15) is 17.2 Å². The standard InChI is InChI=1S/C19H23FN4O3/c1-12-7-15(9-16(20)8-12)19(26)21-11-14-3-5-24(6-4-14)18(25)10-17-13(2)22-27-23-17/h7-9,14H,3-6,10-11H2,1-2H3,(H,21,26). The zero-order valence-electron chi connectivity index (χ0n) is 15.5. The van der Waals surface area contributed by atoms with Gasteiger partial charge in [-0.3, -0.25) is 9.59 Å². The van der Waals surface area contributed by atoms with Gasteiger partial charge in [0.25, 0.3) is 5.91 Å². The highest BCUT2D eigenvalue weighted by Gasteiger charge is 2.24. The maximum absolute atomic E-state index is 13.4. The molecule has 1 saturated heterocycles. The number of piperidine rings is 1. The van der Waals surface area contributed by atoms with E-state index >= 15 is 0 Å². The van der Waals surface area contributed by atoms with Crippen LogP contribution in [0.25, 0.3) is 0 Å². The Hall–Kier alpha value is -2.77. The van der Waals surface area contributed by atoms with E-state index in [-0.39, 0.29) is 18.2 Å². The lowest BCUT2D eigenvalue weighted by Crippen LogP contribution is -2.42. The molecule has 1 aromatic heterocycles. The van der Waals surface area contributed by atoms with Gasteiger partial charge in [-0.25, -0.2) is 9.02 Å². The number of aromatic nitrogens is 2. The maximum Gasteiger partial charge on any atom is 0.251 e. The van der Waals surface area contributed by atoms with Crippen LogP contribution in [0.15, 0.2) is 22.8 Å². The Labute approximate surface area is 156 Å². The van der Waals surface area contributed by atoms with Crippen LogP contribution in [0.2, 0.25) is 0 Å². The summed E-state index contributed by atoms with van der Waals surface area (Å²) in [5.74, 6) is -0.385. The van der Waals surface area contributed by atoms with Crippen molar-refractivity contribution >= 4 is 11.8 Å². The number of nitrogens with one attached hydrogen (secondary N) is 1. The van der Waals surface area contributed by atoms with Gasteiger partial charge in [0, 0.05) is 25.2 Å². The van der Waals surface area contributed by atoms with Crippen LogP contribution >= 0.6 is 0 Å². The average molecular weight is 374 g/mol. The van der Waals surface area contributed by atoms with Crippen molar-refractivity contribution in [3.63, 3.8) is 0 Å². The molecule has 27 heavy (non-hydrogen) atoms. The summed E-state index contributed by atoms with van der Waals surface area (Å²) in [6.45, 7) is 5.31. The number of benzene rings is 1. The number of aryl methyl sites for hydroxylation is 2. The van der Waals surface area contributed by atoms with Crippen LogP contribution < -0.4 is 5.32 Å². The van der Waals surface area contributed by atoms with Crippen molar-refractivity contribution in [1.82, 2.24) is 20.5 Å². The number of rotatable bonds is 5. The molecule has 0 saturated carbocycles. The van der Waals surface area contributed by atoms with E-state index in [0.717, 1.165) is 12.8 Å². The number of hydrogen-bond donors (Lipinski definition) is 1. The smallest absolute Gasteiger partial charge is 0.251 e. The number of carbonyl (C=O) groups is 2. The molecule has 2 heterocycles. The molecule has 3 rings (SSSR count). The van der Waals surface area contributed by atoms with Gasteiger partial charge in [0.05, 0.1) is 6.42 Å². The summed E-state index contributed by atoms with van der Waals surface area (Å²) in [6, 6.07) is 4.30. The lowest BCUT2D eigenvalue weighted by atomic mass is 9.96. The van der Waals surface area contributed by atoms with E-state index in [1.807, 2.05) is 4.90 Å². The summed E-state index contributed by atoms with van der Waals surface area (Å²) in [6.07, 6.45) is 1.81. The zero-order valence-corrected chi connectivity index (χ0v) is 15.5. The first-order chi connectivity index (χ1) is 12.9. The SMILES string of the molecule is Cc1cc(F)cc(C(=O)NCC2CCN(C(=O)Cc3nonc3C)CC2)c1. The largest absolute Gasteiger partial charge is 0.352 e. The number of likely N-dealkylation sites (tertiary alicyclic amines) is 1. The molecule has 0 aliphatic carbocycles. The van der Waals surface area contributed by atoms with Crippen LogP contribution in [0.5, 0.6) is 0 Å². The topological polar surface area (TPSA) is 88.3 Å². The minimum absolute atomic E-state index is 0.00604. The van der Waals surface area contributed by atoms with Gasteiger partial charge in [-0.1, -0.05) is 10.3 Å². The lowest BCUT2D eigenvalue weighted by Gasteiger charge is -2.32. The van der Waals surface area contributed by atoms with Crippen LogP contribution in [0.3, 0.4) is 0 Å². The second-order valence-corrected chi connectivity index (χ2v) is 7.02. The molecule has 2 amide bonds. The summed E-state index contributed by atoms with van der Waals surface area (Å²) in [5.41, 5.74) is 2.24. The van der Waals surface area contributed by atoms with Gasteiger partial charge in [-0.05, 0) is 56.4 Å². The molecule has 2 aromatic rings. The molecule has 0 atom stereocenters. The fourth-order valence-electron chi connectivity index (χ4n) is 3.26. The van der Waals surface area contributed by atoms with Crippen molar-refractivity contribution in [1.29, 1.82) is 0 Å². The molecule has 1 aromatic carbocycles. The molecular weight excluding hydrogens is 351 g/mol.